The van der Waals surface area contributed by atoms with Gasteiger partial charge < -0.3 is 14.5 Å². The molecule has 0 spiro atoms. The third-order valence-corrected chi connectivity index (χ3v) is 9.10. The van der Waals surface area contributed by atoms with Crippen LogP contribution >= 0.6 is 11.6 Å². The van der Waals surface area contributed by atoms with Crippen molar-refractivity contribution < 1.29 is 27.1 Å². The van der Waals surface area contributed by atoms with E-state index in [2.05, 4.69) is 0 Å². The lowest BCUT2D eigenvalue weighted by atomic mass is 10.0. The van der Waals surface area contributed by atoms with Crippen molar-refractivity contribution in [1.29, 1.82) is 0 Å². The van der Waals surface area contributed by atoms with Crippen LogP contribution in [0.3, 0.4) is 0 Å². The number of benzene rings is 2. The second-order valence-corrected chi connectivity index (χ2v) is 12.2. The molecule has 0 atom stereocenters. The first-order chi connectivity index (χ1) is 18.6. The maximum atomic E-state index is 13.7. The first-order valence-corrected chi connectivity index (χ1v) is 15.1. The van der Waals surface area contributed by atoms with Crippen LogP contribution in [0.2, 0.25) is 5.02 Å². The van der Waals surface area contributed by atoms with E-state index in [9.17, 15) is 22.4 Å². The monoisotopic (exact) mass is 581 g/mol. The Hall–Kier alpha value is -2.53. The van der Waals surface area contributed by atoms with E-state index in [0.29, 0.717) is 43.9 Å². The van der Waals surface area contributed by atoms with E-state index in [-0.39, 0.29) is 55.5 Å². The van der Waals surface area contributed by atoms with Gasteiger partial charge in [-0.15, -0.1) is 0 Å². The fourth-order valence-corrected chi connectivity index (χ4v) is 6.22. The molecule has 0 radical (unpaired) electrons. The summed E-state index contributed by atoms with van der Waals surface area (Å²) in [6.07, 6.45) is 1.75. The molecule has 8 nitrogen and oxygen atoms in total. The fraction of sp³-hybridized carbons (Fsp3) is 0.500. The lowest BCUT2D eigenvalue weighted by molar-refractivity contribution is -0.137. The summed E-state index contributed by atoms with van der Waals surface area (Å²) >= 11 is 6.05. The molecule has 1 saturated heterocycles. The number of ether oxygens (including phenoxy) is 1. The summed E-state index contributed by atoms with van der Waals surface area (Å²) in [6, 6.07) is 12.9. The van der Waals surface area contributed by atoms with Crippen LogP contribution in [0.5, 0.6) is 0 Å². The summed E-state index contributed by atoms with van der Waals surface area (Å²) in [4.78, 5) is 30.0. The Morgan fingerprint density at radius 3 is 2.26 bits per heavy atom. The van der Waals surface area contributed by atoms with Gasteiger partial charge in [0.1, 0.15) is 5.82 Å². The highest BCUT2D eigenvalue weighted by Crippen LogP contribution is 2.22. The van der Waals surface area contributed by atoms with Crippen LogP contribution in [0, 0.1) is 5.82 Å². The average molecular weight is 582 g/mol. The zero-order chi connectivity index (χ0) is 28.4. The standard InChI is InChI=1S/C28H37ClFN3O5S/c1-3-18-39(36,37)32(16-17-38-2)21-28(35)33(20-23-4-8-24(29)9-5-23)26-12-14-31(15-13-26)27(34)19-22-6-10-25(30)11-7-22/h4-11,26H,3,12-21H2,1-2H3. The van der Waals surface area contributed by atoms with Gasteiger partial charge in [0.15, 0.2) is 0 Å². The third kappa shape index (κ3) is 9.27. The molecular formula is C28H37ClFN3O5S. The number of nitrogens with zero attached hydrogens (tertiary/aromatic N) is 3. The van der Waals surface area contributed by atoms with Crippen molar-refractivity contribution in [3.63, 3.8) is 0 Å². The maximum absolute atomic E-state index is 13.7. The Morgan fingerprint density at radius 1 is 1.05 bits per heavy atom. The van der Waals surface area contributed by atoms with Crippen LogP contribution in [0.15, 0.2) is 48.5 Å². The number of methoxy groups -OCH3 is 1. The molecule has 0 saturated carbocycles. The minimum absolute atomic E-state index is 0.0459. The lowest BCUT2D eigenvalue weighted by Gasteiger charge is -2.39. The van der Waals surface area contributed by atoms with Crippen LogP contribution in [0.1, 0.15) is 37.3 Å². The topological polar surface area (TPSA) is 87.2 Å². The highest BCUT2D eigenvalue weighted by Gasteiger charge is 2.32. The zero-order valence-corrected chi connectivity index (χ0v) is 24.1. The van der Waals surface area contributed by atoms with E-state index < -0.39 is 10.0 Å². The molecule has 1 aliphatic rings. The predicted octanol–water partition coefficient (Wildman–Crippen LogP) is 3.73. The van der Waals surface area contributed by atoms with Crippen molar-refractivity contribution in [2.75, 3.05) is 45.6 Å². The molecule has 1 fully saturated rings. The molecule has 1 aliphatic heterocycles. The van der Waals surface area contributed by atoms with Gasteiger partial charge in [-0.05, 0) is 54.7 Å². The van der Waals surface area contributed by atoms with Gasteiger partial charge in [0.25, 0.3) is 0 Å². The Morgan fingerprint density at radius 2 is 1.67 bits per heavy atom. The van der Waals surface area contributed by atoms with E-state index in [0.717, 1.165) is 11.1 Å². The first kappa shape index (κ1) is 31.0. The molecule has 0 N–H and O–H groups in total. The van der Waals surface area contributed by atoms with Gasteiger partial charge in [-0.1, -0.05) is 42.8 Å². The molecule has 2 amide bonds. The van der Waals surface area contributed by atoms with Crippen LogP contribution in [0.4, 0.5) is 4.39 Å². The quantitative estimate of drug-likeness (QED) is 0.360. The number of rotatable bonds is 13. The van der Waals surface area contributed by atoms with E-state index in [1.807, 2.05) is 12.1 Å². The molecular weight excluding hydrogens is 545 g/mol. The largest absolute Gasteiger partial charge is 0.383 e. The van der Waals surface area contributed by atoms with E-state index >= 15 is 0 Å². The molecule has 2 aromatic carbocycles. The number of hydrogen-bond donors (Lipinski definition) is 0. The van der Waals surface area contributed by atoms with Gasteiger partial charge in [-0.2, -0.15) is 4.31 Å². The summed E-state index contributed by atoms with van der Waals surface area (Å²) in [5.74, 6) is -0.736. The number of carbonyl (C=O) groups is 2. The maximum Gasteiger partial charge on any atom is 0.238 e. The molecule has 1 heterocycles. The smallest absolute Gasteiger partial charge is 0.238 e. The van der Waals surface area contributed by atoms with Crippen molar-refractivity contribution in [3.05, 3.63) is 70.5 Å². The average Bonchev–Trinajstić information content (AvgIpc) is 2.91. The van der Waals surface area contributed by atoms with Crippen molar-refractivity contribution in [1.82, 2.24) is 14.1 Å². The third-order valence-electron chi connectivity index (χ3n) is 6.82. The number of halogens is 2. The predicted molar refractivity (Wildman–Crippen MR) is 149 cm³/mol. The zero-order valence-electron chi connectivity index (χ0n) is 22.5. The Kier molecular flexibility index (Phi) is 11.7. The molecule has 11 heteroatoms. The second kappa shape index (κ2) is 14.7. The fourth-order valence-electron chi connectivity index (χ4n) is 4.66. The summed E-state index contributed by atoms with van der Waals surface area (Å²) in [5, 5.41) is 0.584. The van der Waals surface area contributed by atoms with Crippen molar-refractivity contribution in [3.8, 4) is 0 Å². The summed E-state index contributed by atoms with van der Waals surface area (Å²) in [6.45, 7) is 3.02. The Labute approximate surface area is 235 Å². The summed E-state index contributed by atoms with van der Waals surface area (Å²) in [7, 11) is -2.13. The number of amides is 2. The van der Waals surface area contributed by atoms with Gasteiger partial charge in [0, 0.05) is 44.4 Å². The number of sulfonamides is 1. The molecule has 0 unspecified atom stereocenters. The molecule has 2 aromatic rings. The van der Waals surface area contributed by atoms with Crippen molar-refractivity contribution in [2.24, 2.45) is 0 Å². The van der Waals surface area contributed by atoms with Crippen LogP contribution < -0.4 is 0 Å². The van der Waals surface area contributed by atoms with Gasteiger partial charge >= 0.3 is 0 Å². The molecule has 0 bridgehead atoms. The van der Waals surface area contributed by atoms with Gasteiger partial charge in [-0.3, -0.25) is 9.59 Å². The minimum Gasteiger partial charge on any atom is -0.383 e. The number of likely N-dealkylation sites (tertiary alicyclic amines) is 1. The van der Waals surface area contributed by atoms with Crippen molar-refractivity contribution in [2.45, 2.75) is 45.2 Å². The molecule has 0 aromatic heterocycles. The van der Waals surface area contributed by atoms with Crippen LogP contribution in [-0.2, 0) is 37.3 Å². The van der Waals surface area contributed by atoms with E-state index in [1.54, 1.807) is 41.0 Å². The van der Waals surface area contributed by atoms with Crippen LogP contribution in [0.25, 0.3) is 0 Å². The Bertz CT molecular complexity index is 1190. The van der Waals surface area contributed by atoms with E-state index in [4.69, 9.17) is 16.3 Å². The Balaban J connectivity index is 1.73. The highest BCUT2D eigenvalue weighted by molar-refractivity contribution is 7.89. The molecule has 39 heavy (non-hydrogen) atoms. The SMILES string of the molecule is CCCS(=O)(=O)N(CCOC)CC(=O)N(Cc1ccc(Cl)cc1)C1CCN(C(=O)Cc2ccc(F)cc2)CC1. The summed E-state index contributed by atoms with van der Waals surface area (Å²) in [5.41, 5.74) is 1.62. The number of piperidine rings is 1. The second-order valence-electron chi connectivity index (χ2n) is 9.71. The molecule has 214 valence electrons. The minimum atomic E-state index is -3.62. The lowest BCUT2D eigenvalue weighted by Crippen LogP contribution is -2.52. The van der Waals surface area contributed by atoms with Gasteiger partial charge in [0.2, 0.25) is 21.8 Å². The van der Waals surface area contributed by atoms with E-state index in [1.165, 1.54) is 23.5 Å². The van der Waals surface area contributed by atoms with Gasteiger partial charge in [-0.25, -0.2) is 12.8 Å². The first-order valence-electron chi connectivity index (χ1n) is 13.2. The highest BCUT2D eigenvalue weighted by atomic mass is 35.5. The van der Waals surface area contributed by atoms with Crippen LogP contribution in [-0.4, -0.2) is 86.0 Å². The van der Waals surface area contributed by atoms with Crippen molar-refractivity contribution >= 4 is 33.4 Å². The number of carbonyl (C=O) groups excluding carboxylic acids is 2. The normalized spacial score (nSPS) is 14.5. The molecule has 3 rings (SSSR count). The van der Waals surface area contributed by atoms with Gasteiger partial charge in [0.05, 0.1) is 25.3 Å². The number of hydrogen-bond acceptors (Lipinski definition) is 5. The molecule has 0 aliphatic carbocycles. The summed E-state index contributed by atoms with van der Waals surface area (Å²) < 4.78 is 45.3.